The van der Waals surface area contributed by atoms with Crippen molar-refractivity contribution in [2.45, 2.75) is 27.2 Å². The molecule has 2 aliphatic heterocycles. The van der Waals surface area contributed by atoms with Crippen LogP contribution in [0.2, 0.25) is 0 Å². The van der Waals surface area contributed by atoms with Gasteiger partial charge >= 0.3 is 0 Å². The number of fused-ring (bicyclic) bond motifs is 1. The van der Waals surface area contributed by atoms with Crippen LogP contribution in [-0.2, 0) is 9.59 Å². The van der Waals surface area contributed by atoms with E-state index in [9.17, 15) is 9.59 Å². The van der Waals surface area contributed by atoms with Crippen LogP contribution >= 0.6 is 0 Å². The van der Waals surface area contributed by atoms with Crippen molar-refractivity contribution < 1.29 is 19.1 Å². The molecule has 0 radical (unpaired) electrons. The number of anilines is 1. The van der Waals surface area contributed by atoms with Crippen LogP contribution in [0.25, 0.3) is 5.57 Å². The summed E-state index contributed by atoms with van der Waals surface area (Å²) in [6.45, 7) is 7.29. The molecule has 0 unspecified atom stereocenters. The van der Waals surface area contributed by atoms with Gasteiger partial charge in [0.15, 0.2) is 11.5 Å². The van der Waals surface area contributed by atoms with Crippen molar-refractivity contribution in [3.05, 3.63) is 58.8 Å². The van der Waals surface area contributed by atoms with E-state index in [0.717, 1.165) is 16.7 Å². The van der Waals surface area contributed by atoms with Gasteiger partial charge < -0.3 is 14.8 Å². The quantitative estimate of drug-likeness (QED) is 0.787. The standard InChI is InChI=1S/C23H24N2O4/c1-4-9-25-22(26)20(17-7-5-14(2)12-15(17)3)21(23(25)27)24-16-6-8-18-19(13-16)29-11-10-28-18/h5-8,12-13,24H,4,9-11H2,1-3H3. The smallest absolute Gasteiger partial charge is 0.278 e. The monoisotopic (exact) mass is 392 g/mol. The van der Waals surface area contributed by atoms with Crippen LogP contribution in [0.5, 0.6) is 11.5 Å². The van der Waals surface area contributed by atoms with Crippen molar-refractivity contribution >= 4 is 23.1 Å². The van der Waals surface area contributed by atoms with Crippen LogP contribution in [0, 0.1) is 13.8 Å². The Balaban J connectivity index is 1.78. The molecule has 0 atom stereocenters. The van der Waals surface area contributed by atoms with Crippen LogP contribution in [-0.4, -0.2) is 36.5 Å². The van der Waals surface area contributed by atoms with Gasteiger partial charge in [0.1, 0.15) is 18.9 Å². The lowest BCUT2D eigenvalue weighted by Gasteiger charge is -2.19. The SMILES string of the molecule is CCCN1C(=O)C(Nc2ccc3c(c2)OCCO3)=C(c2ccc(C)cc2C)C1=O. The molecular formula is C23H24N2O4. The Bertz CT molecular complexity index is 1030. The average molecular weight is 392 g/mol. The molecule has 0 saturated heterocycles. The number of nitrogens with zero attached hydrogens (tertiary/aromatic N) is 1. The zero-order valence-electron chi connectivity index (χ0n) is 16.9. The van der Waals surface area contributed by atoms with E-state index < -0.39 is 0 Å². The third kappa shape index (κ3) is 3.46. The summed E-state index contributed by atoms with van der Waals surface area (Å²) in [4.78, 5) is 27.5. The Hall–Kier alpha value is -3.28. The predicted octanol–water partition coefficient (Wildman–Crippen LogP) is 3.68. The van der Waals surface area contributed by atoms with E-state index in [-0.39, 0.29) is 11.8 Å². The first-order valence-corrected chi connectivity index (χ1v) is 9.84. The minimum Gasteiger partial charge on any atom is -0.486 e. The number of aryl methyl sites for hydroxylation is 2. The number of ether oxygens (including phenoxy) is 2. The number of nitrogens with one attached hydrogen (secondary N) is 1. The lowest BCUT2D eigenvalue weighted by molar-refractivity contribution is -0.136. The molecule has 0 fully saturated rings. The molecule has 1 N–H and O–H groups in total. The highest BCUT2D eigenvalue weighted by atomic mass is 16.6. The fraction of sp³-hybridized carbons (Fsp3) is 0.304. The maximum absolute atomic E-state index is 13.1. The molecule has 2 amide bonds. The zero-order chi connectivity index (χ0) is 20.5. The first-order chi connectivity index (χ1) is 14.0. The van der Waals surface area contributed by atoms with Gasteiger partial charge in [0.25, 0.3) is 11.8 Å². The number of amides is 2. The molecule has 6 nitrogen and oxygen atoms in total. The molecule has 0 spiro atoms. The van der Waals surface area contributed by atoms with Crippen molar-refractivity contribution in [1.29, 1.82) is 0 Å². The minimum absolute atomic E-state index is 0.260. The van der Waals surface area contributed by atoms with Crippen LogP contribution in [0.1, 0.15) is 30.0 Å². The van der Waals surface area contributed by atoms with E-state index in [2.05, 4.69) is 5.32 Å². The molecule has 29 heavy (non-hydrogen) atoms. The van der Waals surface area contributed by atoms with E-state index in [1.165, 1.54) is 4.90 Å². The molecule has 6 heteroatoms. The number of rotatable bonds is 5. The second-order valence-corrected chi connectivity index (χ2v) is 7.31. The van der Waals surface area contributed by atoms with Gasteiger partial charge in [0, 0.05) is 18.3 Å². The van der Waals surface area contributed by atoms with Crippen LogP contribution in [0.3, 0.4) is 0 Å². The van der Waals surface area contributed by atoms with E-state index in [0.29, 0.717) is 54.6 Å². The Morgan fingerprint density at radius 2 is 1.72 bits per heavy atom. The molecule has 150 valence electrons. The summed E-state index contributed by atoms with van der Waals surface area (Å²) >= 11 is 0. The number of imide groups is 1. The number of carbonyl (C=O) groups excluding carboxylic acids is 2. The second-order valence-electron chi connectivity index (χ2n) is 7.31. The Labute approximate surface area is 170 Å². The summed E-state index contributed by atoms with van der Waals surface area (Å²) < 4.78 is 11.2. The van der Waals surface area contributed by atoms with Crippen molar-refractivity contribution in [2.75, 3.05) is 25.1 Å². The predicted molar refractivity (Wildman–Crippen MR) is 111 cm³/mol. The van der Waals surface area contributed by atoms with Crippen molar-refractivity contribution in [1.82, 2.24) is 4.90 Å². The molecular weight excluding hydrogens is 368 g/mol. The van der Waals surface area contributed by atoms with Gasteiger partial charge in [-0.2, -0.15) is 0 Å². The van der Waals surface area contributed by atoms with Gasteiger partial charge in [0.05, 0.1) is 5.57 Å². The first-order valence-electron chi connectivity index (χ1n) is 9.84. The molecule has 0 bridgehead atoms. The lowest BCUT2D eigenvalue weighted by Crippen LogP contribution is -2.33. The summed E-state index contributed by atoms with van der Waals surface area (Å²) in [6.07, 6.45) is 0.703. The van der Waals surface area contributed by atoms with Gasteiger partial charge in [0.2, 0.25) is 0 Å². The topological polar surface area (TPSA) is 67.9 Å². The maximum atomic E-state index is 13.1. The average Bonchev–Trinajstić information content (AvgIpc) is 2.93. The van der Waals surface area contributed by atoms with E-state index in [4.69, 9.17) is 9.47 Å². The van der Waals surface area contributed by atoms with Crippen molar-refractivity contribution in [3.8, 4) is 11.5 Å². The number of benzene rings is 2. The van der Waals surface area contributed by atoms with E-state index >= 15 is 0 Å². The Kier molecular flexibility index (Phi) is 5.01. The molecule has 0 aromatic heterocycles. The molecule has 2 aromatic rings. The van der Waals surface area contributed by atoms with Crippen LogP contribution in [0.4, 0.5) is 5.69 Å². The minimum atomic E-state index is -0.304. The van der Waals surface area contributed by atoms with Gasteiger partial charge in [-0.05, 0) is 43.5 Å². The maximum Gasteiger partial charge on any atom is 0.278 e. The van der Waals surface area contributed by atoms with Crippen LogP contribution in [0.15, 0.2) is 42.1 Å². The summed E-state index contributed by atoms with van der Waals surface area (Å²) in [5.41, 5.74) is 4.22. The summed E-state index contributed by atoms with van der Waals surface area (Å²) in [5.74, 6) is 0.731. The van der Waals surface area contributed by atoms with Crippen LogP contribution < -0.4 is 14.8 Å². The van der Waals surface area contributed by atoms with Crippen molar-refractivity contribution in [3.63, 3.8) is 0 Å². The highest BCUT2D eigenvalue weighted by Gasteiger charge is 2.39. The largest absolute Gasteiger partial charge is 0.486 e. The molecule has 4 rings (SSSR count). The first kappa shape index (κ1) is 19.1. The second kappa shape index (κ2) is 7.62. The van der Waals surface area contributed by atoms with E-state index in [1.54, 1.807) is 12.1 Å². The molecule has 2 aromatic carbocycles. The summed E-state index contributed by atoms with van der Waals surface area (Å²) in [7, 11) is 0. The number of hydrogen-bond donors (Lipinski definition) is 1. The van der Waals surface area contributed by atoms with Gasteiger partial charge in [-0.15, -0.1) is 0 Å². The fourth-order valence-corrected chi connectivity index (χ4v) is 3.73. The highest BCUT2D eigenvalue weighted by molar-refractivity contribution is 6.36. The highest BCUT2D eigenvalue weighted by Crippen LogP contribution is 2.36. The van der Waals surface area contributed by atoms with Gasteiger partial charge in [-0.25, -0.2) is 0 Å². The number of carbonyl (C=O) groups is 2. The molecule has 0 aliphatic carbocycles. The van der Waals surface area contributed by atoms with Gasteiger partial charge in [-0.1, -0.05) is 30.7 Å². The Morgan fingerprint density at radius 3 is 2.45 bits per heavy atom. The molecule has 0 saturated carbocycles. The summed E-state index contributed by atoms with van der Waals surface area (Å²) in [5, 5.41) is 3.18. The third-order valence-electron chi connectivity index (χ3n) is 5.08. The summed E-state index contributed by atoms with van der Waals surface area (Å²) in [6, 6.07) is 11.3. The number of hydrogen-bond acceptors (Lipinski definition) is 5. The Morgan fingerprint density at radius 1 is 0.966 bits per heavy atom. The normalized spacial score (nSPS) is 15.9. The third-order valence-corrected chi connectivity index (χ3v) is 5.08. The molecule has 2 aliphatic rings. The van der Waals surface area contributed by atoms with E-state index in [1.807, 2.05) is 45.0 Å². The van der Waals surface area contributed by atoms with Gasteiger partial charge in [-0.3, -0.25) is 14.5 Å². The fourth-order valence-electron chi connectivity index (χ4n) is 3.73. The lowest BCUT2D eigenvalue weighted by atomic mass is 9.97. The molecule has 2 heterocycles. The van der Waals surface area contributed by atoms with Crippen molar-refractivity contribution in [2.24, 2.45) is 0 Å². The zero-order valence-corrected chi connectivity index (χ0v) is 16.9.